The summed E-state index contributed by atoms with van der Waals surface area (Å²) in [5.74, 6) is -0.763. The predicted octanol–water partition coefficient (Wildman–Crippen LogP) is 2.33. The van der Waals surface area contributed by atoms with E-state index in [1.54, 1.807) is 0 Å². The van der Waals surface area contributed by atoms with E-state index in [-0.39, 0.29) is 11.5 Å². The fraction of sp³-hybridized carbons (Fsp3) is 0.417. The zero-order chi connectivity index (χ0) is 12.0. The lowest BCUT2D eigenvalue weighted by Crippen LogP contribution is -2.25. The van der Waals surface area contributed by atoms with Crippen molar-refractivity contribution in [2.45, 2.75) is 26.2 Å². The van der Waals surface area contributed by atoms with Gasteiger partial charge in [-0.05, 0) is 24.6 Å². The van der Waals surface area contributed by atoms with Gasteiger partial charge in [-0.15, -0.1) is 0 Å². The van der Waals surface area contributed by atoms with E-state index < -0.39 is 5.82 Å². The van der Waals surface area contributed by atoms with Crippen molar-refractivity contribution >= 4 is 11.6 Å². The van der Waals surface area contributed by atoms with E-state index in [9.17, 15) is 9.18 Å². The van der Waals surface area contributed by atoms with Crippen molar-refractivity contribution in [3.05, 3.63) is 29.6 Å². The number of nitrogens with two attached hydrogens (primary N) is 1. The lowest BCUT2D eigenvalue weighted by Gasteiger charge is -2.07. The standard InChI is InChI=1S/C12H17FN2O/c1-2-3-4-7-15-12(16)10-8-9(13)5-6-11(10)14/h5-6,8H,2-4,7,14H2,1H3,(H,15,16). The molecule has 0 aromatic heterocycles. The molecule has 0 bridgehead atoms. The van der Waals surface area contributed by atoms with Crippen molar-refractivity contribution in [2.75, 3.05) is 12.3 Å². The van der Waals surface area contributed by atoms with Crippen LogP contribution in [0.2, 0.25) is 0 Å². The molecule has 1 amide bonds. The van der Waals surface area contributed by atoms with E-state index in [0.29, 0.717) is 12.2 Å². The highest BCUT2D eigenvalue weighted by Gasteiger charge is 2.09. The number of benzene rings is 1. The van der Waals surface area contributed by atoms with E-state index in [1.807, 2.05) is 0 Å². The smallest absolute Gasteiger partial charge is 0.253 e. The normalized spacial score (nSPS) is 10.1. The van der Waals surface area contributed by atoms with Crippen molar-refractivity contribution < 1.29 is 9.18 Å². The van der Waals surface area contributed by atoms with Crippen molar-refractivity contribution in [1.82, 2.24) is 5.32 Å². The number of nitrogens with one attached hydrogen (secondary N) is 1. The summed E-state index contributed by atoms with van der Waals surface area (Å²) in [6, 6.07) is 3.80. The van der Waals surface area contributed by atoms with E-state index in [4.69, 9.17) is 5.73 Å². The first-order chi connectivity index (χ1) is 7.65. The van der Waals surface area contributed by atoms with E-state index in [2.05, 4.69) is 12.2 Å². The molecule has 0 heterocycles. The van der Waals surface area contributed by atoms with Crippen LogP contribution in [-0.2, 0) is 0 Å². The molecule has 1 rings (SSSR count). The summed E-state index contributed by atoms with van der Waals surface area (Å²) in [5.41, 5.74) is 6.10. The number of carbonyl (C=O) groups excluding carboxylic acids is 1. The number of hydrogen-bond acceptors (Lipinski definition) is 2. The molecule has 1 aromatic rings. The predicted molar refractivity (Wildman–Crippen MR) is 62.7 cm³/mol. The van der Waals surface area contributed by atoms with Crippen LogP contribution in [0.3, 0.4) is 0 Å². The van der Waals surface area contributed by atoms with Crippen LogP contribution < -0.4 is 11.1 Å². The second kappa shape index (κ2) is 6.10. The van der Waals surface area contributed by atoms with Crippen LogP contribution in [0.15, 0.2) is 18.2 Å². The SMILES string of the molecule is CCCCCNC(=O)c1cc(F)ccc1N. The number of halogens is 1. The summed E-state index contributed by atoms with van der Waals surface area (Å²) in [6.45, 7) is 2.69. The molecule has 0 unspecified atom stereocenters. The Hall–Kier alpha value is -1.58. The Morgan fingerprint density at radius 1 is 1.44 bits per heavy atom. The average molecular weight is 224 g/mol. The average Bonchev–Trinajstić information content (AvgIpc) is 2.27. The summed E-state index contributed by atoms with van der Waals surface area (Å²) in [4.78, 5) is 11.6. The number of amides is 1. The second-order valence-electron chi connectivity index (χ2n) is 3.69. The van der Waals surface area contributed by atoms with Crippen molar-refractivity contribution in [3.63, 3.8) is 0 Å². The van der Waals surface area contributed by atoms with Gasteiger partial charge in [-0.2, -0.15) is 0 Å². The largest absolute Gasteiger partial charge is 0.398 e. The van der Waals surface area contributed by atoms with Gasteiger partial charge in [0.05, 0.1) is 5.56 Å². The molecule has 0 saturated carbocycles. The first-order valence-electron chi connectivity index (χ1n) is 5.48. The molecule has 4 heteroatoms. The minimum atomic E-state index is -0.451. The maximum absolute atomic E-state index is 12.9. The summed E-state index contributed by atoms with van der Waals surface area (Å²) >= 11 is 0. The summed E-state index contributed by atoms with van der Waals surface area (Å²) < 4.78 is 12.9. The van der Waals surface area contributed by atoms with Crippen LogP contribution in [0, 0.1) is 5.82 Å². The molecular weight excluding hydrogens is 207 g/mol. The lowest BCUT2D eigenvalue weighted by atomic mass is 10.1. The van der Waals surface area contributed by atoms with E-state index in [0.717, 1.165) is 25.3 Å². The van der Waals surface area contributed by atoms with Crippen molar-refractivity contribution in [3.8, 4) is 0 Å². The quantitative estimate of drug-likeness (QED) is 0.595. The van der Waals surface area contributed by atoms with Crippen LogP contribution >= 0.6 is 0 Å². The Balaban J connectivity index is 2.55. The summed E-state index contributed by atoms with van der Waals surface area (Å²) in [6.07, 6.45) is 3.09. The Kier molecular flexibility index (Phi) is 4.76. The zero-order valence-electron chi connectivity index (χ0n) is 9.42. The molecule has 0 fully saturated rings. The molecule has 0 radical (unpaired) electrons. The number of rotatable bonds is 5. The van der Waals surface area contributed by atoms with Crippen LogP contribution in [0.1, 0.15) is 36.5 Å². The number of carbonyl (C=O) groups is 1. The number of nitrogen functional groups attached to an aromatic ring is 1. The van der Waals surface area contributed by atoms with Gasteiger partial charge < -0.3 is 11.1 Å². The maximum Gasteiger partial charge on any atom is 0.253 e. The number of anilines is 1. The zero-order valence-corrected chi connectivity index (χ0v) is 9.42. The summed E-state index contributed by atoms with van der Waals surface area (Å²) in [7, 11) is 0. The third kappa shape index (κ3) is 3.53. The fourth-order valence-corrected chi connectivity index (χ4v) is 1.40. The van der Waals surface area contributed by atoms with Gasteiger partial charge in [-0.1, -0.05) is 19.8 Å². The van der Waals surface area contributed by atoms with E-state index >= 15 is 0 Å². The third-order valence-corrected chi connectivity index (χ3v) is 2.33. The second-order valence-corrected chi connectivity index (χ2v) is 3.69. The summed E-state index contributed by atoms with van der Waals surface area (Å²) in [5, 5.41) is 2.72. The molecule has 0 aliphatic rings. The van der Waals surface area contributed by atoms with Gasteiger partial charge in [0.1, 0.15) is 5.82 Å². The Bertz CT molecular complexity index is 366. The fourth-order valence-electron chi connectivity index (χ4n) is 1.40. The number of hydrogen-bond donors (Lipinski definition) is 2. The first-order valence-corrected chi connectivity index (χ1v) is 5.48. The monoisotopic (exact) mass is 224 g/mol. The molecule has 1 aromatic carbocycles. The Labute approximate surface area is 94.8 Å². The number of unbranched alkanes of at least 4 members (excludes halogenated alkanes) is 2. The molecule has 0 aliphatic carbocycles. The molecule has 88 valence electrons. The Morgan fingerprint density at radius 3 is 2.88 bits per heavy atom. The van der Waals surface area contributed by atoms with Crippen LogP contribution in [0.25, 0.3) is 0 Å². The van der Waals surface area contributed by atoms with Gasteiger partial charge in [-0.3, -0.25) is 4.79 Å². The van der Waals surface area contributed by atoms with Gasteiger partial charge >= 0.3 is 0 Å². The molecular formula is C12H17FN2O. The minimum Gasteiger partial charge on any atom is -0.398 e. The molecule has 0 atom stereocenters. The topological polar surface area (TPSA) is 55.1 Å². The van der Waals surface area contributed by atoms with E-state index in [1.165, 1.54) is 12.1 Å². The Morgan fingerprint density at radius 2 is 2.19 bits per heavy atom. The highest BCUT2D eigenvalue weighted by atomic mass is 19.1. The van der Waals surface area contributed by atoms with Gasteiger partial charge in [-0.25, -0.2) is 4.39 Å². The van der Waals surface area contributed by atoms with Crippen LogP contribution in [-0.4, -0.2) is 12.5 Å². The highest BCUT2D eigenvalue weighted by Crippen LogP contribution is 2.12. The maximum atomic E-state index is 12.9. The molecule has 0 saturated heterocycles. The van der Waals surface area contributed by atoms with Gasteiger partial charge in [0.2, 0.25) is 0 Å². The molecule has 16 heavy (non-hydrogen) atoms. The van der Waals surface area contributed by atoms with Crippen LogP contribution in [0.5, 0.6) is 0 Å². The molecule has 0 spiro atoms. The molecule has 3 N–H and O–H groups in total. The lowest BCUT2D eigenvalue weighted by molar-refractivity contribution is 0.0953. The molecule has 3 nitrogen and oxygen atoms in total. The van der Waals surface area contributed by atoms with Crippen molar-refractivity contribution in [2.24, 2.45) is 0 Å². The third-order valence-electron chi connectivity index (χ3n) is 2.33. The highest BCUT2D eigenvalue weighted by molar-refractivity contribution is 5.99. The van der Waals surface area contributed by atoms with Gasteiger partial charge in [0.15, 0.2) is 0 Å². The molecule has 0 aliphatic heterocycles. The minimum absolute atomic E-state index is 0.205. The van der Waals surface area contributed by atoms with Gasteiger partial charge in [0.25, 0.3) is 5.91 Å². The van der Waals surface area contributed by atoms with Gasteiger partial charge in [0, 0.05) is 12.2 Å². The van der Waals surface area contributed by atoms with Crippen LogP contribution in [0.4, 0.5) is 10.1 Å². The first kappa shape index (κ1) is 12.5. The van der Waals surface area contributed by atoms with Crippen molar-refractivity contribution in [1.29, 1.82) is 0 Å².